The molecule has 0 atom stereocenters. The fraction of sp³-hybridized carbons (Fsp3) is 0.167. The maximum Gasteiger partial charge on any atom is 0.330 e. The van der Waals surface area contributed by atoms with Crippen LogP contribution in [0.4, 0.5) is 0 Å². The summed E-state index contributed by atoms with van der Waals surface area (Å²) in [7, 11) is 0. The molecule has 2 aromatic carbocycles. The highest BCUT2D eigenvalue weighted by Crippen LogP contribution is 2.37. The highest BCUT2D eigenvalue weighted by atomic mass is 16.5. The molecule has 0 saturated heterocycles. The van der Waals surface area contributed by atoms with Crippen molar-refractivity contribution in [1.29, 1.82) is 0 Å². The first-order chi connectivity index (χ1) is 16.3. The fourth-order valence-corrected chi connectivity index (χ4v) is 3.97. The summed E-state index contributed by atoms with van der Waals surface area (Å²) in [6, 6.07) is 5.69. The van der Waals surface area contributed by atoms with Crippen molar-refractivity contribution in [3.8, 4) is 0 Å². The summed E-state index contributed by atoms with van der Waals surface area (Å²) in [4.78, 5) is 76.6. The fourth-order valence-electron chi connectivity index (χ4n) is 3.97. The zero-order chi connectivity index (χ0) is 24.6. The van der Waals surface area contributed by atoms with Gasteiger partial charge in [-0.15, -0.1) is 0 Å². The lowest BCUT2D eigenvalue weighted by molar-refractivity contribution is -0.138. The molecule has 10 heteroatoms. The van der Waals surface area contributed by atoms with Crippen LogP contribution in [0, 0.1) is 0 Å². The van der Waals surface area contributed by atoms with Gasteiger partial charge in [-0.25, -0.2) is 9.59 Å². The minimum Gasteiger partial charge on any atom is -0.461 e. The first-order valence-electron chi connectivity index (χ1n) is 10.2. The summed E-state index contributed by atoms with van der Waals surface area (Å²) in [6.45, 7) is 5.80. The molecule has 34 heavy (non-hydrogen) atoms. The van der Waals surface area contributed by atoms with E-state index in [1.807, 2.05) is 0 Å². The van der Waals surface area contributed by atoms with E-state index in [-0.39, 0.29) is 59.3 Å². The summed E-state index contributed by atoms with van der Waals surface area (Å²) in [6.07, 6.45) is 1.94. The molecule has 0 unspecified atom stereocenters. The number of rotatable bonds is 8. The normalized spacial score (nSPS) is 14.4. The van der Waals surface area contributed by atoms with Crippen LogP contribution in [0.5, 0.6) is 0 Å². The molecule has 172 valence electrons. The number of hydrogen-bond donors (Lipinski definition) is 0. The van der Waals surface area contributed by atoms with Crippen molar-refractivity contribution in [3.05, 3.63) is 71.8 Å². The van der Waals surface area contributed by atoms with E-state index < -0.39 is 35.6 Å². The van der Waals surface area contributed by atoms with Crippen molar-refractivity contribution in [3.63, 3.8) is 0 Å². The molecule has 2 aliphatic rings. The van der Waals surface area contributed by atoms with Crippen molar-refractivity contribution in [2.75, 3.05) is 26.3 Å². The Kier molecular flexibility index (Phi) is 5.80. The van der Waals surface area contributed by atoms with E-state index >= 15 is 0 Å². The van der Waals surface area contributed by atoms with Gasteiger partial charge >= 0.3 is 11.9 Å². The smallest absolute Gasteiger partial charge is 0.330 e. The van der Waals surface area contributed by atoms with Crippen LogP contribution in [-0.2, 0) is 19.1 Å². The number of hydrogen-bond acceptors (Lipinski definition) is 8. The number of carbonyl (C=O) groups excluding carboxylic acids is 6. The highest BCUT2D eigenvalue weighted by Gasteiger charge is 2.39. The number of imide groups is 2. The Morgan fingerprint density at radius 2 is 0.941 bits per heavy atom. The predicted molar refractivity (Wildman–Crippen MR) is 117 cm³/mol. The predicted octanol–water partition coefficient (Wildman–Crippen LogP) is 1.49. The molecule has 0 spiro atoms. The van der Waals surface area contributed by atoms with Crippen LogP contribution in [0.1, 0.15) is 41.4 Å². The van der Waals surface area contributed by atoms with Crippen LogP contribution in [0.15, 0.2) is 49.6 Å². The standard InChI is InChI=1S/C24H18N2O8/c1-3-17(27)33-11-9-25-21(29)13-5-7-15-20-16(8-6-14(19(13)20)22(25)30)24(32)26(23(15)31)10-12-34-18(28)4-2/h3-8H,1-2,9-12H2. The van der Waals surface area contributed by atoms with E-state index in [1.165, 1.54) is 24.3 Å². The number of ether oxygens (including phenoxy) is 2. The third-order valence-electron chi connectivity index (χ3n) is 5.51. The number of carbonyl (C=O) groups is 6. The molecule has 0 aromatic heterocycles. The molecule has 2 aromatic rings. The lowest BCUT2D eigenvalue weighted by Gasteiger charge is -2.31. The van der Waals surface area contributed by atoms with Crippen molar-refractivity contribution < 1.29 is 38.2 Å². The molecule has 0 saturated carbocycles. The summed E-state index contributed by atoms with van der Waals surface area (Å²) < 4.78 is 9.75. The zero-order valence-corrected chi connectivity index (χ0v) is 17.9. The Hall–Kier alpha value is -4.60. The average molecular weight is 462 g/mol. The van der Waals surface area contributed by atoms with Crippen LogP contribution in [0.2, 0.25) is 0 Å². The lowest BCUT2D eigenvalue weighted by Crippen LogP contribution is -2.45. The third-order valence-corrected chi connectivity index (χ3v) is 5.51. The molecule has 0 bridgehead atoms. The Bertz CT molecular complexity index is 1150. The van der Waals surface area contributed by atoms with Gasteiger partial charge in [0.1, 0.15) is 13.2 Å². The first-order valence-corrected chi connectivity index (χ1v) is 10.2. The van der Waals surface area contributed by atoms with E-state index in [2.05, 4.69) is 13.2 Å². The van der Waals surface area contributed by atoms with Gasteiger partial charge in [0.15, 0.2) is 0 Å². The summed E-state index contributed by atoms with van der Waals surface area (Å²) in [5.41, 5.74) is 0.608. The van der Waals surface area contributed by atoms with Gasteiger partial charge in [-0.3, -0.25) is 29.0 Å². The van der Waals surface area contributed by atoms with E-state index in [4.69, 9.17) is 9.47 Å². The topological polar surface area (TPSA) is 127 Å². The van der Waals surface area contributed by atoms with Gasteiger partial charge in [0.25, 0.3) is 23.6 Å². The van der Waals surface area contributed by atoms with Crippen molar-refractivity contribution in [2.45, 2.75) is 0 Å². The monoisotopic (exact) mass is 462 g/mol. The zero-order valence-electron chi connectivity index (χ0n) is 17.9. The van der Waals surface area contributed by atoms with E-state index in [1.54, 1.807) is 0 Å². The van der Waals surface area contributed by atoms with Gasteiger partial charge in [0, 0.05) is 45.2 Å². The van der Waals surface area contributed by atoms with Crippen LogP contribution < -0.4 is 0 Å². The van der Waals surface area contributed by atoms with E-state index in [0.29, 0.717) is 0 Å². The Morgan fingerprint density at radius 1 is 0.647 bits per heavy atom. The maximum absolute atomic E-state index is 13.1. The van der Waals surface area contributed by atoms with Gasteiger partial charge in [-0.1, -0.05) is 13.2 Å². The quantitative estimate of drug-likeness (QED) is 0.328. The van der Waals surface area contributed by atoms with Gasteiger partial charge in [0.2, 0.25) is 0 Å². The van der Waals surface area contributed by atoms with Crippen molar-refractivity contribution in [2.24, 2.45) is 0 Å². The van der Waals surface area contributed by atoms with Crippen LogP contribution in [-0.4, -0.2) is 71.7 Å². The second kappa shape index (κ2) is 8.74. The summed E-state index contributed by atoms with van der Waals surface area (Å²) in [5.74, 6) is -3.89. The molecule has 4 amide bonds. The van der Waals surface area contributed by atoms with Gasteiger partial charge < -0.3 is 9.47 Å². The number of nitrogens with zero attached hydrogens (tertiary/aromatic N) is 2. The van der Waals surface area contributed by atoms with E-state index in [9.17, 15) is 28.8 Å². The minimum absolute atomic E-state index is 0.152. The molecule has 2 aliphatic heterocycles. The van der Waals surface area contributed by atoms with Crippen LogP contribution >= 0.6 is 0 Å². The molecule has 4 rings (SSSR count). The Labute approximate surface area is 193 Å². The van der Waals surface area contributed by atoms with Gasteiger partial charge in [0.05, 0.1) is 13.1 Å². The average Bonchev–Trinajstić information content (AvgIpc) is 2.84. The van der Waals surface area contributed by atoms with Crippen LogP contribution in [0.25, 0.3) is 10.8 Å². The molecule has 2 heterocycles. The molecule has 10 nitrogen and oxygen atoms in total. The van der Waals surface area contributed by atoms with Crippen LogP contribution in [0.3, 0.4) is 0 Å². The van der Waals surface area contributed by atoms with E-state index in [0.717, 1.165) is 22.0 Å². The summed E-state index contributed by atoms with van der Waals surface area (Å²) >= 11 is 0. The first kappa shape index (κ1) is 22.6. The second-order valence-electron chi connectivity index (χ2n) is 7.34. The SMILES string of the molecule is C=CC(=O)OCCN1C(=O)c2ccc3c4c(ccc(c24)C1=O)C(=O)N(CCOC(=O)C=C)C3=O. The van der Waals surface area contributed by atoms with Crippen molar-refractivity contribution >= 4 is 46.3 Å². The molecule has 0 radical (unpaired) electrons. The lowest BCUT2D eigenvalue weighted by atomic mass is 9.86. The molecule has 0 N–H and O–H groups in total. The number of esters is 2. The maximum atomic E-state index is 13.1. The molecule has 0 fully saturated rings. The van der Waals surface area contributed by atoms with Crippen molar-refractivity contribution in [1.82, 2.24) is 9.80 Å². The molecule has 0 aliphatic carbocycles. The highest BCUT2D eigenvalue weighted by molar-refractivity contribution is 6.33. The van der Waals surface area contributed by atoms with Gasteiger partial charge in [-0.05, 0) is 24.3 Å². The Balaban J connectivity index is 1.69. The molecular formula is C24H18N2O8. The minimum atomic E-state index is -0.684. The largest absolute Gasteiger partial charge is 0.461 e. The number of benzene rings is 2. The second-order valence-corrected chi connectivity index (χ2v) is 7.34. The number of amides is 4. The third kappa shape index (κ3) is 3.54. The molecular weight excluding hydrogens is 444 g/mol. The summed E-state index contributed by atoms with van der Waals surface area (Å²) in [5, 5.41) is 0.451. The van der Waals surface area contributed by atoms with Gasteiger partial charge in [-0.2, -0.15) is 0 Å². The Morgan fingerprint density at radius 3 is 1.21 bits per heavy atom.